The van der Waals surface area contributed by atoms with Gasteiger partial charge in [-0.3, -0.25) is 14.9 Å². The molecule has 0 radical (unpaired) electrons. The Balaban J connectivity index is 1.87. The van der Waals surface area contributed by atoms with Crippen LogP contribution in [0.3, 0.4) is 0 Å². The quantitative estimate of drug-likeness (QED) is 0.484. The molecule has 0 heterocycles. The second-order valence-corrected chi connectivity index (χ2v) is 5.32. The fourth-order valence-electron chi connectivity index (χ4n) is 1.98. The topological polar surface area (TPSA) is 96.6 Å². The van der Waals surface area contributed by atoms with Gasteiger partial charge in [-0.15, -0.1) is 0 Å². The van der Waals surface area contributed by atoms with E-state index in [0.29, 0.717) is 11.1 Å². The lowest BCUT2D eigenvalue weighted by Gasteiger charge is -2.05. The van der Waals surface area contributed by atoms with Gasteiger partial charge in [0.25, 0.3) is 11.6 Å². The van der Waals surface area contributed by atoms with E-state index in [2.05, 4.69) is 15.8 Å². The largest absolute Gasteiger partial charge is 0.376 e. The van der Waals surface area contributed by atoms with Gasteiger partial charge >= 0.3 is 0 Å². The van der Waals surface area contributed by atoms with Crippen molar-refractivity contribution in [2.24, 2.45) is 5.10 Å². The SMILES string of the molecule is Cc1ccc(NCC(=O)N/N=C\c2ccc(C)c([N+](=O)[O-])c2)cc1. The second-order valence-electron chi connectivity index (χ2n) is 5.32. The van der Waals surface area contributed by atoms with Crippen molar-refractivity contribution in [1.29, 1.82) is 0 Å². The Hall–Kier alpha value is -3.22. The first-order valence-corrected chi connectivity index (χ1v) is 7.33. The van der Waals surface area contributed by atoms with Gasteiger partial charge in [-0.2, -0.15) is 5.10 Å². The van der Waals surface area contributed by atoms with Crippen LogP contribution < -0.4 is 10.7 Å². The van der Waals surface area contributed by atoms with Gasteiger partial charge < -0.3 is 5.32 Å². The number of hydrazone groups is 1. The number of nitrogens with zero attached hydrogens (tertiary/aromatic N) is 2. The van der Waals surface area contributed by atoms with E-state index in [-0.39, 0.29) is 18.1 Å². The Labute approximate surface area is 139 Å². The van der Waals surface area contributed by atoms with Gasteiger partial charge in [-0.25, -0.2) is 5.43 Å². The lowest BCUT2D eigenvalue weighted by molar-refractivity contribution is -0.385. The highest BCUT2D eigenvalue weighted by atomic mass is 16.6. The summed E-state index contributed by atoms with van der Waals surface area (Å²) in [6, 6.07) is 12.4. The monoisotopic (exact) mass is 326 g/mol. The number of nitrogens with one attached hydrogen (secondary N) is 2. The molecule has 24 heavy (non-hydrogen) atoms. The molecule has 0 bridgehead atoms. The summed E-state index contributed by atoms with van der Waals surface area (Å²) in [6.45, 7) is 3.73. The number of aryl methyl sites for hydroxylation is 2. The molecule has 2 aromatic rings. The van der Waals surface area contributed by atoms with E-state index in [0.717, 1.165) is 11.3 Å². The Bertz CT molecular complexity index is 770. The summed E-state index contributed by atoms with van der Waals surface area (Å²) >= 11 is 0. The van der Waals surface area contributed by atoms with Crippen LogP contribution in [0.1, 0.15) is 16.7 Å². The van der Waals surface area contributed by atoms with E-state index in [9.17, 15) is 14.9 Å². The fourth-order valence-corrected chi connectivity index (χ4v) is 1.98. The molecule has 0 aliphatic carbocycles. The maximum Gasteiger partial charge on any atom is 0.272 e. The van der Waals surface area contributed by atoms with Crippen LogP contribution in [-0.4, -0.2) is 23.6 Å². The minimum atomic E-state index is -0.448. The molecule has 7 nitrogen and oxygen atoms in total. The summed E-state index contributed by atoms with van der Waals surface area (Å²) in [6.07, 6.45) is 1.37. The zero-order chi connectivity index (χ0) is 17.5. The molecular weight excluding hydrogens is 308 g/mol. The van der Waals surface area contributed by atoms with Gasteiger partial charge in [0.15, 0.2) is 0 Å². The number of anilines is 1. The lowest BCUT2D eigenvalue weighted by Crippen LogP contribution is -2.25. The van der Waals surface area contributed by atoms with Gasteiger partial charge in [0.05, 0.1) is 17.7 Å². The number of carbonyl (C=O) groups is 1. The fraction of sp³-hybridized carbons (Fsp3) is 0.176. The molecule has 0 saturated heterocycles. The maximum atomic E-state index is 11.7. The van der Waals surface area contributed by atoms with Gasteiger partial charge in [-0.1, -0.05) is 29.8 Å². The average Bonchev–Trinajstić information content (AvgIpc) is 2.55. The third-order valence-corrected chi connectivity index (χ3v) is 3.34. The number of amides is 1. The minimum Gasteiger partial charge on any atom is -0.376 e. The first-order valence-electron chi connectivity index (χ1n) is 7.33. The van der Waals surface area contributed by atoms with Crippen LogP contribution >= 0.6 is 0 Å². The van der Waals surface area contributed by atoms with Crippen LogP contribution in [-0.2, 0) is 4.79 Å². The van der Waals surface area contributed by atoms with E-state index in [4.69, 9.17) is 0 Å². The zero-order valence-electron chi connectivity index (χ0n) is 13.4. The Morgan fingerprint density at radius 1 is 1.21 bits per heavy atom. The van der Waals surface area contributed by atoms with Gasteiger partial charge in [-0.05, 0) is 26.0 Å². The first kappa shape index (κ1) is 17.1. The van der Waals surface area contributed by atoms with E-state index in [1.807, 2.05) is 31.2 Å². The molecule has 0 spiro atoms. The van der Waals surface area contributed by atoms with Crippen molar-refractivity contribution in [2.75, 3.05) is 11.9 Å². The van der Waals surface area contributed by atoms with Crippen LogP contribution in [0.2, 0.25) is 0 Å². The Kier molecular flexibility index (Phi) is 5.62. The van der Waals surface area contributed by atoms with E-state index in [1.54, 1.807) is 19.1 Å². The molecule has 0 aliphatic rings. The first-order chi connectivity index (χ1) is 11.5. The molecule has 0 saturated carbocycles. The van der Waals surface area contributed by atoms with E-state index < -0.39 is 4.92 Å². The second kappa shape index (κ2) is 7.87. The van der Waals surface area contributed by atoms with Gasteiger partial charge in [0, 0.05) is 22.9 Å². The van der Waals surface area contributed by atoms with Crippen molar-refractivity contribution < 1.29 is 9.72 Å². The average molecular weight is 326 g/mol. The third kappa shape index (κ3) is 4.91. The number of nitro groups is 1. The molecule has 124 valence electrons. The van der Waals surface area contributed by atoms with E-state index >= 15 is 0 Å². The molecule has 0 fully saturated rings. The highest BCUT2D eigenvalue weighted by Crippen LogP contribution is 2.18. The van der Waals surface area contributed by atoms with Crippen LogP contribution in [0.25, 0.3) is 0 Å². The van der Waals surface area contributed by atoms with Crippen LogP contribution in [0.5, 0.6) is 0 Å². The summed E-state index contributed by atoms with van der Waals surface area (Å²) < 4.78 is 0. The number of carbonyl (C=O) groups excluding carboxylic acids is 1. The van der Waals surface area contributed by atoms with Gasteiger partial charge in [0.1, 0.15) is 0 Å². The number of hydrogen-bond donors (Lipinski definition) is 2. The molecule has 0 aliphatic heterocycles. The van der Waals surface area contributed by atoms with Crippen LogP contribution in [0, 0.1) is 24.0 Å². The van der Waals surface area contributed by atoms with Crippen molar-refractivity contribution in [2.45, 2.75) is 13.8 Å². The standard InChI is InChI=1S/C17H18N4O3/c1-12-3-7-15(8-4-12)18-11-17(22)20-19-10-14-6-5-13(2)16(9-14)21(23)24/h3-10,18H,11H2,1-2H3,(H,20,22)/b19-10-. The summed E-state index contributed by atoms with van der Waals surface area (Å²) in [7, 11) is 0. The number of benzene rings is 2. The molecule has 2 N–H and O–H groups in total. The molecule has 0 aromatic heterocycles. The normalized spacial score (nSPS) is 10.6. The number of hydrogen-bond acceptors (Lipinski definition) is 5. The molecular formula is C17H18N4O3. The molecule has 7 heteroatoms. The maximum absolute atomic E-state index is 11.7. The molecule has 0 unspecified atom stereocenters. The molecule has 1 amide bonds. The smallest absolute Gasteiger partial charge is 0.272 e. The van der Waals surface area contributed by atoms with Crippen LogP contribution in [0.15, 0.2) is 47.6 Å². The van der Waals surface area contributed by atoms with Crippen molar-refractivity contribution >= 4 is 23.5 Å². The van der Waals surface area contributed by atoms with Crippen molar-refractivity contribution in [1.82, 2.24) is 5.43 Å². The predicted molar refractivity (Wildman–Crippen MR) is 93.2 cm³/mol. The predicted octanol–water partition coefficient (Wildman–Crippen LogP) is 2.77. The van der Waals surface area contributed by atoms with Crippen molar-refractivity contribution in [3.63, 3.8) is 0 Å². The summed E-state index contributed by atoms with van der Waals surface area (Å²) in [5.74, 6) is -0.312. The van der Waals surface area contributed by atoms with Crippen molar-refractivity contribution in [3.8, 4) is 0 Å². The third-order valence-electron chi connectivity index (χ3n) is 3.34. The van der Waals surface area contributed by atoms with Crippen molar-refractivity contribution in [3.05, 3.63) is 69.3 Å². The van der Waals surface area contributed by atoms with Crippen LogP contribution in [0.4, 0.5) is 11.4 Å². The molecule has 0 atom stereocenters. The summed E-state index contributed by atoms with van der Waals surface area (Å²) in [4.78, 5) is 22.1. The molecule has 2 rings (SSSR count). The van der Waals surface area contributed by atoms with Gasteiger partial charge in [0.2, 0.25) is 0 Å². The minimum absolute atomic E-state index is 0.0197. The Morgan fingerprint density at radius 2 is 1.92 bits per heavy atom. The highest BCUT2D eigenvalue weighted by molar-refractivity contribution is 5.84. The zero-order valence-corrected chi connectivity index (χ0v) is 13.4. The van der Waals surface area contributed by atoms with E-state index in [1.165, 1.54) is 12.3 Å². The Morgan fingerprint density at radius 3 is 2.58 bits per heavy atom. The highest BCUT2D eigenvalue weighted by Gasteiger charge is 2.09. The summed E-state index contributed by atoms with van der Waals surface area (Å²) in [5, 5.41) is 17.7. The number of rotatable bonds is 6. The lowest BCUT2D eigenvalue weighted by atomic mass is 10.1. The summed E-state index contributed by atoms with van der Waals surface area (Å²) in [5.41, 5.74) is 5.49. The molecule has 2 aromatic carbocycles. The number of nitro benzene ring substituents is 1.